The molecule has 144 valence electrons. The Balaban J connectivity index is 1.77. The molecule has 1 aromatic heterocycles. The van der Waals surface area contributed by atoms with Gasteiger partial charge in [-0.1, -0.05) is 41.9 Å². The molecule has 4 rings (SSSR count). The number of rotatable bonds is 5. The highest BCUT2D eigenvalue weighted by Crippen LogP contribution is 2.28. The van der Waals surface area contributed by atoms with E-state index < -0.39 is 0 Å². The van der Waals surface area contributed by atoms with Gasteiger partial charge in [-0.15, -0.1) is 0 Å². The van der Waals surface area contributed by atoms with E-state index in [0.29, 0.717) is 22.0 Å². The molecule has 1 heterocycles. The summed E-state index contributed by atoms with van der Waals surface area (Å²) in [4.78, 5) is 13.1. The van der Waals surface area contributed by atoms with Gasteiger partial charge in [0.25, 0.3) is 5.91 Å². The lowest BCUT2D eigenvalue weighted by Gasteiger charge is -2.07. The number of halogens is 1. The van der Waals surface area contributed by atoms with Crippen molar-refractivity contribution in [1.82, 2.24) is 9.78 Å². The number of amides is 1. The zero-order valence-corrected chi connectivity index (χ0v) is 16.4. The second kappa shape index (κ2) is 8.20. The number of nitrogens with one attached hydrogen (secondary N) is 1. The number of hydrogen-bond acceptors (Lipinski definition) is 3. The fraction of sp³-hybridized carbons (Fsp3) is 0.0435. The summed E-state index contributed by atoms with van der Waals surface area (Å²) in [5, 5.41) is 8.02. The Morgan fingerprint density at radius 2 is 1.66 bits per heavy atom. The number of aromatic nitrogens is 2. The maximum Gasteiger partial charge on any atom is 0.259 e. The quantitative estimate of drug-likeness (QED) is 0.481. The van der Waals surface area contributed by atoms with Crippen LogP contribution in [0.4, 0.5) is 5.69 Å². The lowest BCUT2D eigenvalue weighted by atomic mass is 10.1. The number of carbonyl (C=O) groups excluding carboxylic acids is 1. The van der Waals surface area contributed by atoms with E-state index in [2.05, 4.69) is 10.4 Å². The van der Waals surface area contributed by atoms with Crippen LogP contribution in [0.5, 0.6) is 5.75 Å². The van der Waals surface area contributed by atoms with Gasteiger partial charge < -0.3 is 10.1 Å². The summed E-state index contributed by atoms with van der Waals surface area (Å²) in [5.41, 5.74) is 3.23. The van der Waals surface area contributed by atoms with Crippen LogP contribution >= 0.6 is 11.6 Å². The minimum Gasteiger partial charge on any atom is -0.497 e. The second-order valence-electron chi connectivity index (χ2n) is 6.33. The number of para-hydroxylation sites is 2. The van der Waals surface area contributed by atoms with E-state index in [1.165, 1.54) is 0 Å². The van der Waals surface area contributed by atoms with Crippen molar-refractivity contribution in [3.8, 4) is 22.7 Å². The third kappa shape index (κ3) is 4.00. The van der Waals surface area contributed by atoms with Crippen LogP contribution in [0.25, 0.3) is 16.9 Å². The Morgan fingerprint density at radius 3 is 2.34 bits per heavy atom. The van der Waals surface area contributed by atoms with E-state index in [4.69, 9.17) is 16.3 Å². The van der Waals surface area contributed by atoms with Gasteiger partial charge in [-0.3, -0.25) is 4.79 Å². The summed E-state index contributed by atoms with van der Waals surface area (Å²) in [6.07, 6.45) is 1.72. The van der Waals surface area contributed by atoms with Crippen molar-refractivity contribution in [2.75, 3.05) is 12.4 Å². The van der Waals surface area contributed by atoms with Crippen molar-refractivity contribution in [1.29, 1.82) is 0 Å². The average molecular weight is 404 g/mol. The summed E-state index contributed by atoms with van der Waals surface area (Å²) in [6, 6.07) is 24.2. The van der Waals surface area contributed by atoms with Gasteiger partial charge in [0.05, 0.1) is 29.1 Å². The maximum atomic E-state index is 13.1. The first kappa shape index (κ1) is 18.8. The molecule has 3 aromatic carbocycles. The normalized spacial score (nSPS) is 10.6. The van der Waals surface area contributed by atoms with Crippen molar-refractivity contribution in [2.24, 2.45) is 0 Å². The standard InChI is InChI=1S/C23H18ClN3O2/c1-29-18-13-11-16(12-14-18)22-19(15-27(26-22)17-7-3-2-4-8-17)23(28)25-21-10-6-5-9-20(21)24/h2-15H,1H3,(H,25,28). The summed E-state index contributed by atoms with van der Waals surface area (Å²) >= 11 is 6.20. The van der Waals surface area contributed by atoms with E-state index >= 15 is 0 Å². The molecule has 0 aliphatic rings. The Bertz CT molecular complexity index is 1140. The smallest absolute Gasteiger partial charge is 0.259 e. The number of nitrogens with zero attached hydrogens (tertiary/aromatic N) is 2. The van der Waals surface area contributed by atoms with Gasteiger partial charge in [0.1, 0.15) is 11.4 Å². The highest BCUT2D eigenvalue weighted by molar-refractivity contribution is 6.34. The van der Waals surface area contributed by atoms with Crippen LogP contribution in [0.1, 0.15) is 10.4 Å². The molecule has 0 fully saturated rings. The molecule has 5 nitrogen and oxygen atoms in total. The van der Waals surface area contributed by atoms with Gasteiger partial charge in [0.2, 0.25) is 0 Å². The molecule has 0 spiro atoms. The number of anilines is 1. The molecule has 4 aromatic rings. The average Bonchev–Trinajstić information content (AvgIpc) is 3.22. The van der Waals surface area contributed by atoms with Gasteiger partial charge in [0, 0.05) is 11.8 Å². The molecule has 0 aliphatic heterocycles. The molecule has 0 radical (unpaired) electrons. The first-order valence-electron chi connectivity index (χ1n) is 9.01. The van der Waals surface area contributed by atoms with Crippen molar-refractivity contribution in [2.45, 2.75) is 0 Å². The largest absolute Gasteiger partial charge is 0.497 e. The SMILES string of the molecule is COc1ccc(-c2nn(-c3ccccc3)cc2C(=O)Nc2ccccc2Cl)cc1. The van der Waals surface area contributed by atoms with E-state index in [1.807, 2.05) is 66.7 Å². The van der Waals surface area contributed by atoms with Crippen molar-refractivity contribution < 1.29 is 9.53 Å². The summed E-state index contributed by atoms with van der Waals surface area (Å²) in [7, 11) is 1.61. The lowest BCUT2D eigenvalue weighted by Crippen LogP contribution is -2.12. The number of benzene rings is 3. The van der Waals surface area contributed by atoms with Crippen LogP contribution in [0, 0.1) is 0 Å². The Labute approximate surface area is 173 Å². The Kier molecular flexibility index (Phi) is 5.31. The molecule has 0 atom stereocenters. The predicted octanol–water partition coefficient (Wildman–Crippen LogP) is 5.45. The molecule has 0 saturated carbocycles. The highest BCUT2D eigenvalue weighted by atomic mass is 35.5. The molecule has 0 unspecified atom stereocenters. The van der Waals surface area contributed by atoms with Gasteiger partial charge in [-0.25, -0.2) is 4.68 Å². The fourth-order valence-electron chi connectivity index (χ4n) is 2.97. The molecule has 0 saturated heterocycles. The Hall–Kier alpha value is -3.57. The summed E-state index contributed by atoms with van der Waals surface area (Å²) in [6.45, 7) is 0. The first-order valence-corrected chi connectivity index (χ1v) is 9.39. The van der Waals surface area contributed by atoms with Gasteiger partial charge in [0.15, 0.2) is 0 Å². The zero-order chi connectivity index (χ0) is 20.2. The van der Waals surface area contributed by atoms with E-state index in [0.717, 1.165) is 17.0 Å². The molecule has 1 amide bonds. The third-order valence-electron chi connectivity index (χ3n) is 4.47. The van der Waals surface area contributed by atoms with Crippen LogP contribution in [0.3, 0.4) is 0 Å². The van der Waals surface area contributed by atoms with Crippen molar-refractivity contribution in [3.63, 3.8) is 0 Å². The van der Waals surface area contributed by atoms with Crippen LogP contribution in [0.2, 0.25) is 5.02 Å². The number of carbonyl (C=O) groups is 1. The topological polar surface area (TPSA) is 56.2 Å². The maximum absolute atomic E-state index is 13.1. The minimum absolute atomic E-state index is 0.286. The monoisotopic (exact) mass is 403 g/mol. The highest BCUT2D eigenvalue weighted by Gasteiger charge is 2.19. The number of hydrogen-bond donors (Lipinski definition) is 1. The molecule has 6 heteroatoms. The fourth-order valence-corrected chi connectivity index (χ4v) is 3.15. The molecule has 29 heavy (non-hydrogen) atoms. The molecular formula is C23H18ClN3O2. The zero-order valence-electron chi connectivity index (χ0n) is 15.7. The minimum atomic E-state index is -0.286. The Morgan fingerprint density at radius 1 is 0.966 bits per heavy atom. The lowest BCUT2D eigenvalue weighted by molar-refractivity contribution is 0.102. The van der Waals surface area contributed by atoms with Gasteiger partial charge >= 0.3 is 0 Å². The van der Waals surface area contributed by atoms with Crippen molar-refractivity contribution >= 4 is 23.2 Å². The van der Waals surface area contributed by atoms with Crippen LogP contribution in [-0.4, -0.2) is 22.8 Å². The number of methoxy groups -OCH3 is 1. The van der Waals surface area contributed by atoms with Crippen LogP contribution < -0.4 is 10.1 Å². The first-order chi connectivity index (χ1) is 14.2. The third-order valence-corrected chi connectivity index (χ3v) is 4.79. The van der Waals surface area contributed by atoms with Crippen LogP contribution in [0.15, 0.2) is 85.1 Å². The van der Waals surface area contributed by atoms with Crippen LogP contribution in [-0.2, 0) is 0 Å². The van der Waals surface area contributed by atoms with E-state index in [1.54, 1.807) is 30.1 Å². The molecular weight excluding hydrogens is 386 g/mol. The molecule has 1 N–H and O–H groups in total. The number of ether oxygens (including phenoxy) is 1. The second-order valence-corrected chi connectivity index (χ2v) is 6.74. The molecule has 0 aliphatic carbocycles. The van der Waals surface area contributed by atoms with E-state index in [-0.39, 0.29) is 5.91 Å². The summed E-state index contributed by atoms with van der Waals surface area (Å²) < 4.78 is 6.93. The van der Waals surface area contributed by atoms with E-state index in [9.17, 15) is 4.79 Å². The summed E-state index contributed by atoms with van der Waals surface area (Å²) in [5.74, 6) is 0.449. The van der Waals surface area contributed by atoms with Gasteiger partial charge in [-0.05, 0) is 48.5 Å². The molecule has 0 bridgehead atoms. The predicted molar refractivity (Wildman–Crippen MR) is 115 cm³/mol. The van der Waals surface area contributed by atoms with Crippen molar-refractivity contribution in [3.05, 3.63) is 95.6 Å². The van der Waals surface area contributed by atoms with Gasteiger partial charge in [-0.2, -0.15) is 5.10 Å².